The first-order valence-corrected chi connectivity index (χ1v) is 12.5. The third kappa shape index (κ3) is 5.13. The summed E-state index contributed by atoms with van der Waals surface area (Å²) < 4.78 is 18.3. The van der Waals surface area contributed by atoms with Crippen molar-refractivity contribution in [1.29, 1.82) is 0 Å². The van der Waals surface area contributed by atoms with Gasteiger partial charge in [-0.2, -0.15) is 0 Å². The highest BCUT2D eigenvalue weighted by Crippen LogP contribution is 2.24. The Morgan fingerprint density at radius 3 is 2.34 bits per heavy atom. The Morgan fingerprint density at radius 1 is 0.906 bits per heavy atom. The first-order valence-electron chi connectivity index (χ1n) is 11.0. The van der Waals surface area contributed by atoms with Crippen LogP contribution in [0.5, 0.6) is 0 Å². The molecule has 0 N–H and O–H groups in total. The Hall–Kier alpha value is -2.86. The van der Waals surface area contributed by atoms with Crippen molar-refractivity contribution < 1.29 is 13.4 Å². The number of nitrogens with zero attached hydrogens (tertiary/aromatic N) is 2. The van der Waals surface area contributed by atoms with Gasteiger partial charge in [-0.25, -0.2) is 0 Å². The van der Waals surface area contributed by atoms with E-state index >= 15 is 0 Å². The van der Waals surface area contributed by atoms with Gasteiger partial charge in [0.15, 0.2) is 5.76 Å². The molecule has 6 heteroatoms. The summed E-state index contributed by atoms with van der Waals surface area (Å²) in [4.78, 5) is 17.1. The van der Waals surface area contributed by atoms with Gasteiger partial charge in [-0.15, -0.1) is 0 Å². The van der Waals surface area contributed by atoms with E-state index in [0.717, 1.165) is 18.7 Å². The van der Waals surface area contributed by atoms with E-state index in [4.69, 9.17) is 4.42 Å². The van der Waals surface area contributed by atoms with Crippen LogP contribution in [-0.2, 0) is 22.3 Å². The van der Waals surface area contributed by atoms with Crippen LogP contribution >= 0.6 is 0 Å². The van der Waals surface area contributed by atoms with Crippen LogP contribution in [0.2, 0.25) is 0 Å². The van der Waals surface area contributed by atoms with Gasteiger partial charge in [0.05, 0.1) is 5.75 Å². The van der Waals surface area contributed by atoms with Crippen molar-refractivity contribution in [3.63, 3.8) is 0 Å². The molecule has 0 unspecified atom stereocenters. The summed E-state index contributed by atoms with van der Waals surface area (Å²) in [6.07, 6.45) is 0. The highest BCUT2D eigenvalue weighted by atomic mass is 32.2. The van der Waals surface area contributed by atoms with Crippen LogP contribution in [0, 0.1) is 20.8 Å². The molecule has 4 rings (SSSR count). The van der Waals surface area contributed by atoms with Crippen LogP contribution in [0.3, 0.4) is 0 Å². The Labute approximate surface area is 192 Å². The van der Waals surface area contributed by atoms with Gasteiger partial charge in [0.1, 0.15) is 5.76 Å². The smallest absolute Gasteiger partial charge is 0.289 e. The van der Waals surface area contributed by atoms with Gasteiger partial charge in [0.25, 0.3) is 5.91 Å². The summed E-state index contributed by atoms with van der Waals surface area (Å²) in [5.41, 5.74) is 6.04. The second kappa shape index (κ2) is 9.74. The summed E-state index contributed by atoms with van der Waals surface area (Å²) >= 11 is 0. The van der Waals surface area contributed by atoms with Crippen molar-refractivity contribution in [2.45, 2.75) is 32.3 Å². The largest absolute Gasteiger partial charge is 0.455 e. The van der Waals surface area contributed by atoms with E-state index in [2.05, 4.69) is 36.9 Å². The molecule has 1 aliphatic heterocycles. The lowest BCUT2D eigenvalue weighted by molar-refractivity contribution is 0.0713. The van der Waals surface area contributed by atoms with E-state index in [-0.39, 0.29) is 5.91 Å². The number of carbonyl (C=O) groups is 1. The molecule has 1 aromatic heterocycles. The van der Waals surface area contributed by atoms with Gasteiger partial charge >= 0.3 is 0 Å². The molecule has 1 atom stereocenters. The third-order valence-electron chi connectivity index (χ3n) is 6.11. The second-order valence-corrected chi connectivity index (χ2v) is 9.94. The topological polar surface area (TPSA) is 53.8 Å². The zero-order valence-electron chi connectivity index (χ0n) is 19.0. The maximum atomic E-state index is 12.9. The summed E-state index contributed by atoms with van der Waals surface area (Å²) in [5, 5.41) is 0. The molecule has 1 aliphatic rings. The highest BCUT2D eigenvalue weighted by Gasteiger charge is 2.25. The lowest BCUT2D eigenvalue weighted by Crippen LogP contribution is -2.49. The normalized spacial score (nSPS) is 15.1. The first kappa shape index (κ1) is 22.3. The molecule has 1 fully saturated rings. The van der Waals surface area contributed by atoms with E-state index in [1.54, 1.807) is 12.1 Å². The zero-order valence-corrected chi connectivity index (χ0v) is 19.8. The monoisotopic (exact) mass is 450 g/mol. The van der Waals surface area contributed by atoms with E-state index in [0.29, 0.717) is 36.1 Å². The highest BCUT2D eigenvalue weighted by molar-refractivity contribution is 7.83. The Balaban J connectivity index is 1.32. The first-order chi connectivity index (χ1) is 15.4. The summed E-state index contributed by atoms with van der Waals surface area (Å²) in [6.45, 7) is 9.21. The van der Waals surface area contributed by atoms with E-state index in [1.165, 1.54) is 22.4 Å². The maximum Gasteiger partial charge on any atom is 0.289 e. The fourth-order valence-corrected chi connectivity index (χ4v) is 5.17. The molecule has 1 amide bonds. The lowest BCUT2D eigenvalue weighted by Gasteiger charge is -2.36. The molecule has 32 heavy (non-hydrogen) atoms. The number of carbonyl (C=O) groups excluding carboxylic acids is 1. The Bertz CT molecular complexity index is 1110. The number of furan rings is 1. The number of rotatable bonds is 6. The van der Waals surface area contributed by atoms with Crippen LogP contribution in [0.1, 0.15) is 38.6 Å². The van der Waals surface area contributed by atoms with Gasteiger partial charge in [0.2, 0.25) is 0 Å². The SMILES string of the molecule is Cc1ccc(C[S@@](=O)Cc2ccc(C(=O)N3CCN(c4cccc(C)c4C)CC3)o2)cc1. The van der Waals surface area contributed by atoms with Crippen molar-refractivity contribution in [3.05, 3.63) is 88.4 Å². The lowest BCUT2D eigenvalue weighted by atomic mass is 10.1. The molecule has 2 aromatic carbocycles. The number of amides is 1. The minimum absolute atomic E-state index is 0.0961. The summed E-state index contributed by atoms with van der Waals surface area (Å²) in [5.74, 6) is 1.60. The molecule has 0 radical (unpaired) electrons. The standard InChI is InChI=1S/C26H30N2O3S/c1-19-7-9-22(10-8-19)17-32(30)18-23-11-12-25(31-23)26(29)28-15-13-27(14-16-28)24-6-4-5-20(2)21(24)3/h4-12H,13-18H2,1-3H3/t32-/m1/s1. The van der Waals surface area contributed by atoms with Crippen LogP contribution < -0.4 is 4.90 Å². The Kier molecular flexibility index (Phi) is 6.80. The van der Waals surface area contributed by atoms with Gasteiger partial charge in [-0.05, 0) is 55.7 Å². The number of aryl methyl sites for hydroxylation is 2. The minimum atomic E-state index is -1.09. The third-order valence-corrected chi connectivity index (χ3v) is 7.37. The van der Waals surface area contributed by atoms with Gasteiger partial charge in [0, 0.05) is 48.4 Å². The predicted molar refractivity (Wildman–Crippen MR) is 129 cm³/mol. The zero-order chi connectivity index (χ0) is 22.7. The fourth-order valence-electron chi connectivity index (χ4n) is 4.03. The molecule has 0 saturated carbocycles. The van der Waals surface area contributed by atoms with Crippen molar-refractivity contribution in [2.24, 2.45) is 0 Å². The van der Waals surface area contributed by atoms with Crippen LogP contribution in [0.25, 0.3) is 0 Å². The number of benzene rings is 2. The summed E-state index contributed by atoms with van der Waals surface area (Å²) in [7, 11) is -1.09. The molecule has 3 aromatic rings. The molecule has 0 aliphatic carbocycles. The number of hydrogen-bond acceptors (Lipinski definition) is 4. The second-order valence-electron chi connectivity index (χ2n) is 8.48. The predicted octanol–water partition coefficient (Wildman–Crippen LogP) is 4.62. The fraction of sp³-hybridized carbons (Fsp3) is 0.346. The minimum Gasteiger partial charge on any atom is -0.455 e. The van der Waals surface area contributed by atoms with Gasteiger partial charge < -0.3 is 14.2 Å². The number of piperazine rings is 1. The molecule has 168 valence electrons. The number of anilines is 1. The van der Waals surface area contributed by atoms with Gasteiger partial charge in [-0.3, -0.25) is 9.00 Å². The number of hydrogen-bond donors (Lipinski definition) is 0. The molecule has 5 nitrogen and oxygen atoms in total. The molecule has 1 saturated heterocycles. The molecule has 0 bridgehead atoms. The molecular formula is C26H30N2O3S. The maximum absolute atomic E-state index is 12.9. The quantitative estimate of drug-likeness (QED) is 0.550. The Morgan fingerprint density at radius 2 is 1.62 bits per heavy atom. The van der Waals surface area contributed by atoms with Crippen LogP contribution in [0.4, 0.5) is 5.69 Å². The molecule has 2 heterocycles. The van der Waals surface area contributed by atoms with Crippen molar-refractivity contribution >= 4 is 22.4 Å². The summed E-state index contributed by atoms with van der Waals surface area (Å²) in [6, 6.07) is 17.9. The van der Waals surface area contributed by atoms with E-state index in [1.807, 2.05) is 36.1 Å². The van der Waals surface area contributed by atoms with Crippen molar-refractivity contribution in [1.82, 2.24) is 4.90 Å². The van der Waals surface area contributed by atoms with Crippen LogP contribution in [0.15, 0.2) is 59.0 Å². The van der Waals surface area contributed by atoms with E-state index < -0.39 is 10.8 Å². The molecular weight excluding hydrogens is 420 g/mol. The van der Waals surface area contributed by atoms with Crippen molar-refractivity contribution in [2.75, 3.05) is 31.1 Å². The van der Waals surface area contributed by atoms with Gasteiger partial charge in [-0.1, -0.05) is 42.0 Å². The van der Waals surface area contributed by atoms with E-state index in [9.17, 15) is 9.00 Å². The van der Waals surface area contributed by atoms with Crippen molar-refractivity contribution in [3.8, 4) is 0 Å². The van der Waals surface area contributed by atoms with Crippen LogP contribution in [-0.4, -0.2) is 41.2 Å². The average molecular weight is 451 g/mol. The average Bonchev–Trinajstić information content (AvgIpc) is 3.25. The molecule has 0 spiro atoms.